The van der Waals surface area contributed by atoms with Gasteiger partial charge in [-0.1, -0.05) is 0 Å². The van der Waals surface area contributed by atoms with E-state index < -0.39 is 0 Å². The van der Waals surface area contributed by atoms with Gasteiger partial charge in [-0.05, 0) is 0 Å². The van der Waals surface area contributed by atoms with Crippen LogP contribution in [0.25, 0.3) is 0 Å². The monoisotopic (exact) mass is 263 g/mol. The molecule has 0 fully saturated rings. The first-order valence-electron chi connectivity index (χ1n) is 1.97. The molecule has 0 saturated carbocycles. The van der Waals surface area contributed by atoms with Crippen LogP contribution in [-0.2, 0) is 24.7 Å². The maximum atomic E-state index is 2.18. The van der Waals surface area contributed by atoms with Gasteiger partial charge in [-0.25, -0.2) is 0 Å². The SMILES string of the molecule is Cl.Cl.Cl.[Zr][C]1=CC=CC1. The molecule has 1 aliphatic carbocycles. The van der Waals surface area contributed by atoms with E-state index >= 15 is 0 Å². The Kier molecular flexibility index (Phi) is 17.1. The van der Waals surface area contributed by atoms with Crippen molar-refractivity contribution in [2.24, 2.45) is 0 Å². The Morgan fingerprint density at radius 2 is 1.78 bits per heavy atom. The van der Waals surface area contributed by atoms with Crippen molar-refractivity contribution < 1.29 is 24.7 Å². The van der Waals surface area contributed by atoms with Gasteiger partial charge in [-0.2, -0.15) is 0 Å². The van der Waals surface area contributed by atoms with Crippen LogP contribution in [0.2, 0.25) is 0 Å². The van der Waals surface area contributed by atoms with Gasteiger partial charge in [0.1, 0.15) is 0 Å². The molecule has 53 valence electrons. The third-order valence-electron chi connectivity index (χ3n) is 0.771. The van der Waals surface area contributed by atoms with E-state index in [1.54, 1.807) is 28.0 Å². The summed E-state index contributed by atoms with van der Waals surface area (Å²) in [5.74, 6) is 0. The van der Waals surface area contributed by atoms with Crippen molar-refractivity contribution >= 4 is 37.2 Å². The van der Waals surface area contributed by atoms with Gasteiger partial charge in [0.05, 0.1) is 0 Å². The quantitative estimate of drug-likeness (QED) is 0.632. The summed E-state index contributed by atoms with van der Waals surface area (Å²) in [7, 11) is 0. The average Bonchev–Trinajstić information content (AvgIpc) is 1.86. The number of hydrogen-bond donors (Lipinski definition) is 0. The fourth-order valence-corrected chi connectivity index (χ4v) is 0.973. The molecule has 4 heteroatoms. The molecule has 0 aromatic carbocycles. The van der Waals surface area contributed by atoms with E-state index in [1.807, 2.05) is 0 Å². The first-order valence-corrected chi connectivity index (χ1v) is 3.20. The predicted octanol–water partition coefficient (Wildman–Crippen LogP) is 2.64. The van der Waals surface area contributed by atoms with E-state index in [4.69, 9.17) is 0 Å². The van der Waals surface area contributed by atoms with Crippen molar-refractivity contribution in [3.05, 3.63) is 21.5 Å². The average molecular weight is 266 g/mol. The standard InChI is InChI=1S/C5H5.3ClH.Zr/c1-2-4-5-3-1;;;;/h1-3H,4H2;3*1H;. The van der Waals surface area contributed by atoms with Gasteiger partial charge in [0.15, 0.2) is 0 Å². The molecule has 0 heterocycles. The van der Waals surface area contributed by atoms with Crippen LogP contribution in [-0.4, -0.2) is 0 Å². The molecule has 0 radical (unpaired) electrons. The Morgan fingerprint density at radius 1 is 1.22 bits per heavy atom. The molecule has 0 unspecified atom stereocenters. The minimum atomic E-state index is 0. The fourth-order valence-electron chi connectivity index (χ4n) is 0.447. The molecule has 0 aromatic rings. The third kappa shape index (κ3) is 7.13. The first-order chi connectivity index (χ1) is 2.89. The van der Waals surface area contributed by atoms with Crippen molar-refractivity contribution in [3.63, 3.8) is 0 Å². The fraction of sp³-hybridized carbons (Fsp3) is 0.200. The summed E-state index contributed by atoms with van der Waals surface area (Å²) in [6.07, 6.45) is 7.69. The summed E-state index contributed by atoms with van der Waals surface area (Å²) in [4.78, 5) is 0. The normalized spacial score (nSPS) is 12.1. The summed E-state index contributed by atoms with van der Waals surface area (Å²) in [5, 5.41) is 0. The van der Waals surface area contributed by atoms with Crippen LogP contribution in [0.4, 0.5) is 0 Å². The molecule has 0 amide bonds. The summed E-state index contributed by atoms with van der Waals surface area (Å²) < 4.78 is 1.56. The van der Waals surface area contributed by atoms with Crippen LogP contribution >= 0.6 is 37.2 Å². The molecule has 0 nitrogen and oxygen atoms in total. The Morgan fingerprint density at radius 3 is 1.89 bits per heavy atom. The molecule has 1 rings (SSSR count). The van der Waals surface area contributed by atoms with Crippen LogP contribution < -0.4 is 0 Å². The van der Waals surface area contributed by atoms with Gasteiger partial charge in [0, 0.05) is 0 Å². The minimum absolute atomic E-state index is 0. The van der Waals surface area contributed by atoms with Crippen LogP contribution in [0.3, 0.4) is 0 Å². The second-order valence-electron chi connectivity index (χ2n) is 1.32. The molecular weight excluding hydrogens is 258 g/mol. The first kappa shape index (κ1) is 16.7. The van der Waals surface area contributed by atoms with Crippen molar-refractivity contribution in [2.75, 3.05) is 0 Å². The topological polar surface area (TPSA) is 0 Å². The Labute approximate surface area is 89.2 Å². The van der Waals surface area contributed by atoms with Crippen LogP contribution in [0, 0.1) is 0 Å². The number of hydrogen-bond acceptors (Lipinski definition) is 0. The van der Waals surface area contributed by atoms with Gasteiger partial charge in [0.2, 0.25) is 0 Å². The second-order valence-corrected chi connectivity index (χ2v) is 2.90. The Bertz CT molecular complexity index is 109. The molecular formula is C5H8Cl3Zr. The zero-order valence-corrected chi connectivity index (χ0v) is 9.57. The van der Waals surface area contributed by atoms with E-state index in [0.29, 0.717) is 0 Å². The maximum absolute atomic E-state index is 2.18. The summed E-state index contributed by atoms with van der Waals surface area (Å²) in [6.45, 7) is 0. The van der Waals surface area contributed by atoms with E-state index in [2.05, 4.69) is 18.2 Å². The van der Waals surface area contributed by atoms with Crippen LogP contribution in [0.15, 0.2) is 21.5 Å². The second kappa shape index (κ2) is 9.23. The summed E-state index contributed by atoms with van der Waals surface area (Å²) in [5.41, 5.74) is 0. The van der Waals surface area contributed by atoms with Gasteiger partial charge >= 0.3 is 52.6 Å². The van der Waals surface area contributed by atoms with Gasteiger partial charge < -0.3 is 0 Å². The zero-order valence-electron chi connectivity index (χ0n) is 4.66. The van der Waals surface area contributed by atoms with Gasteiger partial charge in [-0.3, -0.25) is 0 Å². The molecule has 0 saturated heterocycles. The molecule has 9 heavy (non-hydrogen) atoms. The van der Waals surface area contributed by atoms with E-state index in [-0.39, 0.29) is 37.2 Å². The molecule has 0 aromatic heterocycles. The zero-order chi connectivity index (χ0) is 4.41. The summed E-state index contributed by atoms with van der Waals surface area (Å²) >= 11 is 1.56. The van der Waals surface area contributed by atoms with Crippen molar-refractivity contribution in [1.82, 2.24) is 0 Å². The molecule has 0 spiro atoms. The van der Waals surface area contributed by atoms with Gasteiger partial charge in [-0.15, -0.1) is 37.2 Å². The van der Waals surface area contributed by atoms with E-state index in [1.165, 1.54) is 6.42 Å². The number of halogens is 3. The summed E-state index contributed by atoms with van der Waals surface area (Å²) in [6, 6.07) is 0. The van der Waals surface area contributed by atoms with Crippen molar-refractivity contribution in [3.8, 4) is 0 Å². The van der Waals surface area contributed by atoms with Crippen LogP contribution in [0.1, 0.15) is 6.42 Å². The van der Waals surface area contributed by atoms with E-state index in [0.717, 1.165) is 0 Å². The molecule has 0 bridgehead atoms. The Balaban J connectivity index is -0.000000120. The third-order valence-corrected chi connectivity index (χ3v) is 1.68. The van der Waals surface area contributed by atoms with Crippen molar-refractivity contribution in [1.29, 1.82) is 0 Å². The van der Waals surface area contributed by atoms with E-state index in [9.17, 15) is 0 Å². The predicted molar refractivity (Wildman–Crippen MR) is 43.6 cm³/mol. The molecule has 0 atom stereocenters. The van der Waals surface area contributed by atoms with Crippen LogP contribution in [0.5, 0.6) is 0 Å². The molecule has 1 aliphatic rings. The van der Waals surface area contributed by atoms with Crippen molar-refractivity contribution in [2.45, 2.75) is 6.42 Å². The molecule has 0 aliphatic heterocycles. The van der Waals surface area contributed by atoms with Gasteiger partial charge in [0.25, 0.3) is 0 Å². The number of rotatable bonds is 0. The molecule has 0 N–H and O–H groups in total. The number of allylic oxidation sites excluding steroid dienone is 4. The Hall–Kier alpha value is 1.23.